The van der Waals surface area contributed by atoms with E-state index in [4.69, 9.17) is 10.5 Å². The molecule has 0 aromatic carbocycles. The van der Waals surface area contributed by atoms with E-state index in [1.54, 1.807) is 0 Å². The van der Waals surface area contributed by atoms with Crippen LogP contribution in [-0.2, 0) is 9.53 Å². The molecule has 0 aromatic rings. The molecule has 1 atom stereocenters. The lowest BCUT2D eigenvalue weighted by atomic mass is 9.92. The van der Waals surface area contributed by atoms with Crippen LogP contribution in [0.1, 0.15) is 39.5 Å². The van der Waals surface area contributed by atoms with Crippen molar-refractivity contribution in [3.05, 3.63) is 0 Å². The van der Waals surface area contributed by atoms with Crippen molar-refractivity contribution >= 4 is 5.97 Å². The maximum absolute atomic E-state index is 11.8. The minimum absolute atomic E-state index is 0.0474. The van der Waals surface area contributed by atoms with Crippen LogP contribution < -0.4 is 5.73 Å². The summed E-state index contributed by atoms with van der Waals surface area (Å²) in [7, 11) is 0. The molecule has 4 nitrogen and oxygen atoms in total. The molecule has 0 amide bonds. The Kier molecular flexibility index (Phi) is 6.52. The number of piperidine rings is 1. The average Bonchev–Trinajstić information content (AvgIpc) is 2.33. The Hall–Kier alpha value is -0.610. The molecule has 1 heterocycles. The van der Waals surface area contributed by atoms with Crippen LogP contribution in [0.25, 0.3) is 0 Å². The molecule has 1 rings (SSSR count). The molecule has 1 aliphatic heterocycles. The molecular formula is C13H26N2O2. The van der Waals surface area contributed by atoms with E-state index in [0.29, 0.717) is 6.61 Å². The quantitative estimate of drug-likeness (QED) is 0.715. The van der Waals surface area contributed by atoms with Gasteiger partial charge >= 0.3 is 5.97 Å². The SMILES string of the molecule is CCOC(=O)C(CC)N1CCC(CCN)CC1. The third kappa shape index (κ3) is 4.28. The van der Waals surface area contributed by atoms with E-state index in [1.165, 1.54) is 0 Å². The summed E-state index contributed by atoms with van der Waals surface area (Å²) >= 11 is 0. The number of hydrogen-bond donors (Lipinski definition) is 1. The number of nitrogens with two attached hydrogens (primary N) is 1. The number of carbonyl (C=O) groups is 1. The highest BCUT2D eigenvalue weighted by molar-refractivity contribution is 5.75. The molecule has 100 valence electrons. The molecule has 1 unspecified atom stereocenters. The van der Waals surface area contributed by atoms with Gasteiger partial charge in [-0.1, -0.05) is 6.92 Å². The monoisotopic (exact) mass is 242 g/mol. The van der Waals surface area contributed by atoms with Gasteiger partial charge in [-0.15, -0.1) is 0 Å². The Bertz CT molecular complexity index is 225. The third-order valence-electron chi connectivity index (χ3n) is 3.61. The van der Waals surface area contributed by atoms with Crippen LogP contribution in [0.2, 0.25) is 0 Å². The van der Waals surface area contributed by atoms with Gasteiger partial charge in [0.1, 0.15) is 6.04 Å². The van der Waals surface area contributed by atoms with E-state index in [-0.39, 0.29) is 12.0 Å². The zero-order chi connectivity index (χ0) is 12.7. The van der Waals surface area contributed by atoms with Crippen LogP contribution >= 0.6 is 0 Å². The van der Waals surface area contributed by atoms with Gasteiger partial charge in [0.05, 0.1) is 6.61 Å². The summed E-state index contributed by atoms with van der Waals surface area (Å²) in [5.74, 6) is 0.684. The lowest BCUT2D eigenvalue weighted by Crippen LogP contribution is -2.46. The molecule has 0 aromatic heterocycles. The molecule has 0 spiro atoms. The summed E-state index contributed by atoms with van der Waals surface area (Å²) in [6, 6.07) is -0.0474. The molecule has 1 aliphatic rings. The molecule has 0 saturated carbocycles. The van der Waals surface area contributed by atoms with Gasteiger partial charge in [0.2, 0.25) is 0 Å². The smallest absolute Gasteiger partial charge is 0.323 e. The summed E-state index contributed by atoms with van der Waals surface area (Å²) < 4.78 is 5.12. The van der Waals surface area contributed by atoms with Crippen molar-refractivity contribution in [2.45, 2.75) is 45.6 Å². The van der Waals surface area contributed by atoms with Gasteiger partial charge in [-0.05, 0) is 58.2 Å². The normalized spacial score (nSPS) is 20.2. The second-order valence-electron chi connectivity index (χ2n) is 4.73. The van der Waals surface area contributed by atoms with Crippen molar-refractivity contribution < 1.29 is 9.53 Å². The first-order chi connectivity index (χ1) is 8.22. The second-order valence-corrected chi connectivity index (χ2v) is 4.73. The van der Waals surface area contributed by atoms with Gasteiger partial charge in [0.15, 0.2) is 0 Å². The fourth-order valence-electron chi connectivity index (χ4n) is 2.60. The van der Waals surface area contributed by atoms with Crippen molar-refractivity contribution in [1.29, 1.82) is 0 Å². The van der Waals surface area contributed by atoms with Crippen LogP contribution in [-0.4, -0.2) is 43.2 Å². The van der Waals surface area contributed by atoms with Gasteiger partial charge in [-0.3, -0.25) is 9.69 Å². The predicted molar refractivity (Wildman–Crippen MR) is 68.7 cm³/mol. The summed E-state index contributed by atoms with van der Waals surface area (Å²) in [5, 5.41) is 0. The molecule has 17 heavy (non-hydrogen) atoms. The van der Waals surface area contributed by atoms with Crippen molar-refractivity contribution in [3.63, 3.8) is 0 Å². The van der Waals surface area contributed by atoms with Gasteiger partial charge in [-0.25, -0.2) is 0 Å². The van der Waals surface area contributed by atoms with Gasteiger partial charge in [-0.2, -0.15) is 0 Å². The summed E-state index contributed by atoms with van der Waals surface area (Å²) in [5.41, 5.74) is 5.58. The maximum atomic E-state index is 11.8. The molecular weight excluding hydrogens is 216 g/mol. The number of likely N-dealkylation sites (tertiary alicyclic amines) is 1. The van der Waals surface area contributed by atoms with Crippen LogP contribution in [0.15, 0.2) is 0 Å². The predicted octanol–water partition coefficient (Wildman–Crippen LogP) is 1.39. The van der Waals surface area contributed by atoms with E-state index < -0.39 is 0 Å². The topological polar surface area (TPSA) is 55.6 Å². The third-order valence-corrected chi connectivity index (χ3v) is 3.61. The number of ether oxygens (including phenoxy) is 1. The van der Waals surface area contributed by atoms with Crippen molar-refractivity contribution in [2.24, 2.45) is 11.7 Å². The van der Waals surface area contributed by atoms with E-state index in [1.807, 2.05) is 13.8 Å². The first-order valence-electron chi connectivity index (χ1n) is 6.83. The second kappa shape index (κ2) is 7.67. The average molecular weight is 242 g/mol. The van der Waals surface area contributed by atoms with Gasteiger partial charge in [0, 0.05) is 0 Å². The number of rotatable bonds is 6. The van der Waals surface area contributed by atoms with Gasteiger partial charge in [0.25, 0.3) is 0 Å². The minimum atomic E-state index is -0.0627. The van der Waals surface area contributed by atoms with E-state index >= 15 is 0 Å². The Morgan fingerprint density at radius 2 is 2.06 bits per heavy atom. The Morgan fingerprint density at radius 1 is 1.41 bits per heavy atom. The summed E-state index contributed by atoms with van der Waals surface area (Å²) in [6.07, 6.45) is 4.27. The van der Waals surface area contributed by atoms with Crippen LogP contribution in [0.5, 0.6) is 0 Å². The fourth-order valence-corrected chi connectivity index (χ4v) is 2.60. The molecule has 0 radical (unpaired) electrons. The largest absolute Gasteiger partial charge is 0.465 e. The van der Waals surface area contributed by atoms with E-state index in [9.17, 15) is 4.79 Å². The van der Waals surface area contributed by atoms with Crippen LogP contribution in [0, 0.1) is 5.92 Å². The van der Waals surface area contributed by atoms with E-state index in [2.05, 4.69) is 4.90 Å². The molecule has 2 N–H and O–H groups in total. The number of hydrogen-bond acceptors (Lipinski definition) is 4. The van der Waals surface area contributed by atoms with E-state index in [0.717, 1.165) is 51.2 Å². The summed E-state index contributed by atoms with van der Waals surface area (Å²) in [6.45, 7) is 7.16. The molecule has 1 fully saturated rings. The molecule has 4 heteroatoms. The number of esters is 1. The van der Waals surface area contributed by atoms with Crippen molar-refractivity contribution in [2.75, 3.05) is 26.2 Å². The highest BCUT2D eigenvalue weighted by atomic mass is 16.5. The lowest BCUT2D eigenvalue weighted by molar-refractivity contribution is -0.150. The number of nitrogens with zero attached hydrogens (tertiary/aromatic N) is 1. The maximum Gasteiger partial charge on any atom is 0.323 e. The Balaban J connectivity index is 2.42. The zero-order valence-corrected chi connectivity index (χ0v) is 11.2. The van der Waals surface area contributed by atoms with Gasteiger partial charge < -0.3 is 10.5 Å². The van der Waals surface area contributed by atoms with Crippen LogP contribution in [0.4, 0.5) is 0 Å². The van der Waals surface area contributed by atoms with Crippen LogP contribution in [0.3, 0.4) is 0 Å². The Labute approximate surface area is 104 Å². The minimum Gasteiger partial charge on any atom is -0.465 e. The Morgan fingerprint density at radius 3 is 2.53 bits per heavy atom. The molecule has 0 aliphatic carbocycles. The summed E-state index contributed by atoms with van der Waals surface area (Å²) in [4.78, 5) is 14.1. The molecule has 0 bridgehead atoms. The first-order valence-corrected chi connectivity index (χ1v) is 6.83. The highest BCUT2D eigenvalue weighted by Gasteiger charge is 2.28. The fraction of sp³-hybridized carbons (Fsp3) is 0.923. The zero-order valence-electron chi connectivity index (χ0n) is 11.2. The highest BCUT2D eigenvalue weighted by Crippen LogP contribution is 2.22. The first kappa shape index (κ1) is 14.5. The van der Waals surface area contributed by atoms with Crippen molar-refractivity contribution in [1.82, 2.24) is 4.90 Å². The lowest BCUT2D eigenvalue weighted by Gasteiger charge is -2.35. The standard InChI is InChI=1S/C13H26N2O2/c1-3-12(13(16)17-4-2)15-9-6-11(5-8-14)7-10-15/h11-12H,3-10,14H2,1-2H3. The number of carbonyl (C=O) groups excluding carboxylic acids is 1. The molecule has 1 saturated heterocycles. The van der Waals surface area contributed by atoms with Crippen molar-refractivity contribution in [3.8, 4) is 0 Å².